The molecule has 0 atom stereocenters. The summed E-state index contributed by atoms with van der Waals surface area (Å²) in [7, 11) is -3.42. The molecular formula is C12H14N6O2S2. The summed E-state index contributed by atoms with van der Waals surface area (Å²) in [5.41, 5.74) is 0.668. The van der Waals surface area contributed by atoms with E-state index in [0.29, 0.717) is 28.0 Å². The van der Waals surface area contributed by atoms with Gasteiger partial charge in [-0.15, -0.1) is 26.6 Å². The van der Waals surface area contributed by atoms with Gasteiger partial charge in [0.1, 0.15) is 10.0 Å². The first-order valence-electron chi connectivity index (χ1n) is 6.52. The average molecular weight is 338 g/mol. The highest BCUT2D eigenvalue weighted by Crippen LogP contribution is 2.14. The van der Waals surface area contributed by atoms with Crippen molar-refractivity contribution in [3.63, 3.8) is 0 Å². The molecule has 8 nitrogen and oxygen atoms in total. The van der Waals surface area contributed by atoms with Crippen molar-refractivity contribution in [2.24, 2.45) is 0 Å². The highest BCUT2D eigenvalue weighted by Gasteiger charge is 2.13. The minimum absolute atomic E-state index is 0.265. The third-order valence-corrected chi connectivity index (χ3v) is 5.76. The topological polar surface area (TPSA) is 101 Å². The van der Waals surface area contributed by atoms with Crippen LogP contribution in [0.1, 0.15) is 5.82 Å². The molecule has 0 spiro atoms. The lowest BCUT2D eigenvalue weighted by molar-refractivity contribution is 0.585. The van der Waals surface area contributed by atoms with Crippen molar-refractivity contribution < 1.29 is 8.42 Å². The van der Waals surface area contributed by atoms with E-state index >= 15 is 0 Å². The second-order valence-electron chi connectivity index (χ2n) is 4.49. The molecule has 0 aliphatic heterocycles. The fourth-order valence-corrected chi connectivity index (χ4v) is 3.92. The molecule has 3 heterocycles. The minimum atomic E-state index is -3.42. The normalized spacial score (nSPS) is 11.9. The quantitative estimate of drug-likeness (QED) is 0.647. The van der Waals surface area contributed by atoms with Crippen molar-refractivity contribution in [2.45, 2.75) is 11.1 Å². The Morgan fingerprint density at radius 2 is 2.09 bits per heavy atom. The van der Waals surface area contributed by atoms with Gasteiger partial charge in [-0.3, -0.25) is 0 Å². The van der Waals surface area contributed by atoms with Crippen LogP contribution in [0.4, 0.5) is 5.82 Å². The molecule has 3 aromatic rings. The van der Waals surface area contributed by atoms with Gasteiger partial charge < -0.3 is 5.32 Å². The maximum Gasteiger partial charge on any atom is 0.250 e. The molecule has 0 amide bonds. The number of aromatic nitrogens is 4. The summed E-state index contributed by atoms with van der Waals surface area (Å²) < 4.78 is 28.3. The van der Waals surface area contributed by atoms with E-state index < -0.39 is 10.0 Å². The molecule has 2 N–H and O–H groups in total. The summed E-state index contributed by atoms with van der Waals surface area (Å²) in [6.07, 6.45) is 0. The first-order valence-corrected chi connectivity index (χ1v) is 8.89. The molecule has 0 saturated heterocycles. The molecular weight excluding hydrogens is 324 g/mol. The number of hydrogen-bond acceptors (Lipinski definition) is 7. The second kappa shape index (κ2) is 5.99. The van der Waals surface area contributed by atoms with Gasteiger partial charge in [0.05, 0.1) is 0 Å². The predicted octanol–water partition coefficient (Wildman–Crippen LogP) is 0.885. The lowest BCUT2D eigenvalue weighted by Gasteiger charge is -2.07. The Kier molecular flexibility index (Phi) is 4.05. The van der Waals surface area contributed by atoms with Crippen LogP contribution in [0.5, 0.6) is 0 Å². The summed E-state index contributed by atoms with van der Waals surface area (Å²) in [6, 6.07) is 6.85. The van der Waals surface area contributed by atoms with E-state index in [-0.39, 0.29) is 6.54 Å². The molecule has 3 rings (SSSR count). The van der Waals surface area contributed by atoms with E-state index in [1.807, 2.05) is 6.92 Å². The third-order valence-electron chi connectivity index (χ3n) is 2.90. The number of hydrogen-bond donors (Lipinski definition) is 2. The van der Waals surface area contributed by atoms with Crippen molar-refractivity contribution >= 4 is 32.8 Å². The number of nitrogens with one attached hydrogen (secondary N) is 2. The first kappa shape index (κ1) is 14.9. The molecule has 0 radical (unpaired) electrons. The van der Waals surface area contributed by atoms with E-state index in [0.717, 1.165) is 0 Å². The molecule has 0 saturated carbocycles. The summed E-state index contributed by atoms with van der Waals surface area (Å²) in [5, 5.41) is 17.0. The lowest BCUT2D eigenvalue weighted by Crippen LogP contribution is -2.28. The van der Waals surface area contributed by atoms with Gasteiger partial charge in [-0.25, -0.2) is 13.1 Å². The summed E-state index contributed by atoms with van der Waals surface area (Å²) in [4.78, 5) is 0. The fraction of sp³-hybridized carbons (Fsp3) is 0.250. The Labute approximate surface area is 131 Å². The van der Waals surface area contributed by atoms with Gasteiger partial charge in [0.25, 0.3) is 0 Å². The number of rotatable bonds is 6. The summed E-state index contributed by atoms with van der Waals surface area (Å²) in [6.45, 7) is 2.50. The van der Waals surface area contributed by atoms with Gasteiger partial charge in [0.2, 0.25) is 10.0 Å². The molecule has 0 aliphatic rings. The molecule has 0 unspecified atom stereocenters. The molecule has 0 aliphatic carbocycles. The number of fused-ring (bicyclic) bond motifs is 1. The zero-order valence-electron chi connectivity index (χ0n) is 11.7. The number of aryl methyl sites for hydroxylation is 1. The van der Waals surface area contributed by atoms with Crippen LogP contribution in [0, 0.1) is 6.92 Å². The molecule has 0 aromatic carbocycles. The van der Waals surface area contributed by atoms with Gasteiger partial charge in [0.15, 0.2) is 11.5 Å². The van der Waals surface area contributed by atoms with Crippen molar-refractivity contribution in [1.29, 1.82) is 0 Å². The van der Waals surface area contributed by atoms with Crippen LogP contribution in [-0.2, 0) is 10.0 Å². The Morgan fingerprint density at radius 3 is 2.86 bits per heavy atom. The fourth-order valence-electron chi connectivity index (χ4n) is 1.85. The zero-order valence-corrected chi connectivity index (χ0v) is 13.4. The first-order chi connectivity index (χ1) is 10.6. The number of anilines is 1. The maximum absolute atomic E-state index is 11.9. The lowest BCUT2D eigenvalue weighted by atomic mass is 10.5. The molecule has 0 fully saturated rings. The summed E-state index contributed by atoms with van der Waals surface area (Å²) in [5.74, 6) is 1.32. The monoisotopic (exact) mass is 338 g/mol. The van der Waals surface area contributed by atoms with E-state index in [1.165, 1.54) is 11.3 Å². The second-order valence-corrected chi connectivity index (χ2v) is 7.43. The maximum atomic E-state index is 11.9. The molecule has 3 aromatic heterocycles. The van der Waals surface area contributed by atoms with E-state index in [9.17, 15) is 8.42 Å². The molecule has 22 heavy (non-hydrogen) atoms. The van der Waals surface area contributed by atoms with Gasteiger partial charge in [-0.05, 0) is 30.5 Å². The standard InChI is InChI=1S/C12H14N6O2S2/c1-9-15-16-11-5-4-10(17-18(9)11)13-6-7-14-22(19,20)12-3-2-8-21-12/h2-5,8,14H,6-7H2,1H3,(H,13,17). The van der Waals surface area contributed by atoms with Crippen LogP contribution < -0.4 is 10.0 Å². The average Bonchev–Trinajstić information content (AvgIpc) is 3.15. The predicted molar refractivity (Wildman–Crippen MR) is 83.5 cm³/mol. The molecule has 116 valence electrons. The van der Waals surface area contributed by atoms with Crippen LogP contribution in [0.2, 0.25) is 0 Å². The van der Waals surface area contributed by atoms with Crippen LogP contribution in [0.15, 0.2) is 33.9 Å². The van der Waals surface area contributed by atoms with Crippen molar-refractivity contribution in [2.75, 3.05) is 18.4 Å². The Morgan fingerprint density at radius 1 is 1.23 bits per heavy atom. The van der Waals surface area contributed by atoms with Crippen molar-refractivity contribution in [1.82, 2.24) is 24.5 Å². The van der Waals surface area contributed by atoms with Crippen LogP contribution in [-0.4, -0.2) is 41.3 Å². The smallest absolute Gasteiger partial charge is 0.250 e. The summed E-state index contributed by atoms with van der Waals surface area (Å²) >= 11 is 1.19. The van der Waals surface area contributed by atoms with E-state index in [2.05, 4.69) is 25.3 Å². The minimum Gasteiger partial charge on any atom is -0.367 e. The van der Waals surface area contributed by atoms with Crippen molar-refractivity contribution in [3.05, 3.63) is 35.5 Å². The van der Waals surface area contributed by atoms with Gasteiger partial charge in [-0.2, -0.15) is 4.52 Å². The highest BCUT2D eigenvalue weighted by atomic mass is 32.2. The van der Waals surface area contributed by atoms with Crippen LogP contribution in [0.3, 0.4) is 0 Å². The number of nitrogens with zero attached hydrogens (tertiary/aromatic N) is 4. The Hall–Kier alpha value is -2.04. The highest BCUT2D eigenvalue weighted by molar-refractivity contribution is 7.91. The zero-order chi connectivity index (χ0) is 15.6. The van der Waals surface area contributed by atoms with Crippen molar-refractivity contribution in [3.8, 4) is 0 Å². The van der Waals surface area contributed by atoms with E-state index in [4.69, 9.17) is 0 Å². The molecule has 0 bridgehead atoms. The van der Waals surface area contributed by atoms with Gasteiger partial charge >= 0.3 is 0 Å². The Bertz CT molecular complexity index is 872. The number of thiophene rings is 1. The van der Waals surface area contributed by atoms with Crippen LogP contribution in [0.25, 0.3) is 5.65 Å². The molecule has 10 heteroatoms. The Balaban J connectivity index is 1.57. The third kappa shape index (κ3) is 3.08. The van der Waals surface area contributed by atoms with Gasteiger partial charge in [0, 0.05) is 13.1 Å². The van der Waals surface area contributed by atoms with Gasteiger partial charge in [-0.1, -0.05) is 6.07 Å². The number of sulfonamides is 1. The van der Waals surface area contributed by atoms with E-state index in [1.54, 1.807) is 34.2 Å². The van der Waals surface area contributed by atoms with Crippen LogP contribution >= 0.6 is 11.3 Å². The largest absolute Gasteiger partial charge is 0.367 e. The SMILES string of the molecule is Cc1nnc2ccc(NCCNS(=O)(=O)c3cccs3)nn12.